The highest BCUT2D eigenvalue weighted by atomic mass is 15.2. The maximum absolute atomic E-state index is 4.49. The Hall–Kier alpha value is -1.09. The van der Waals surface area contributed by atoms with Crippen LogP contribution in [0, 0.1) is 12.8 Å². The molecule has 3 nitrogen and oxygen atoms in total. The summed E-state index contributed by atoms with van der Waals surface area (Å²) < 4.78 is 0. The van der Waals surface area contributed by atoms with Crippen LogP contribution in [0.15, 0.2) is 12.3 Å². The topological polar surface area (TPSA) is 28.2 Å². The van der Waals surface area contributed by atoms with Gasteiger partial charge in [-0.2, -0.15) is 0 Å². The number of piperidine rings is 1. The molecule has 0 radical (unpaired) electrons. The van der Waals surface area contributed by atoms with Gasteiger partial charge in [0.05, 0.1) is 0 Å². The van der Waals surface area contributed by atoms with Crippen molar-refractivity contribution in [3.05, 3.63) is 23.5 Å². The van der Waals surface area contributed by atoms with Crippen LogP contribution in [0.3, 0.4) is 0 Å². The zero-order valence-electron chi connectivity index (χ0n) is 13.6. The zero-order valence-corrected chi connectivity index (χ0v) is 13.6. The molecule has 3 heteroatoms. The van der Waals surface area contributed by atoms with Crippen LogP contribution >= 0.6 is 0 Å². The molecule has 1 aromatic rings. The predicted octanol–water partition coefficient (Wildman–Crippen LogP) is 3.51. The lowest BCUT2D eigenvalue weighted by Gasteiger charge is -2.40. The maximum Gasteiger partial charge on any atom is 0.0448 e. The minimum Gasteiger partial charge on any atom is -0.368 e. The second-order valence-electron chi connectivity index (χ2n) is 6.54. The number of rotatable bonds is 4. The Bertz CT molecular complexity index is 442. The van der Waals surface area contributed by atoms with Gasteiger partial charge in [0.2, 0.25) is 0 Å². The summed E-state index contributed by atoms with van der Waals surface area (Å²) in [6.45, 7) is 13.3. The normalized spacial score (nSPS) is 23.4. The molecule has 1 aromatic heterocycles. The van der Waals surface area contributed by atoms with Crippen molar-refractivity contribution in [2.45, 2.75) is 66.1 Å². The molecule has 2 atom stereocenters. The molecule has 0 spiro atoms. The Morgan fingerprint density at radius 1 is 1.40 bits per heavy atom. The molecule has 112 valence electrons. The van der Waals surface area contributed by atoms with Crippen molar-refractivity contribution in [3.8, 4) is 0 Å². The summed E-state index contributed by atoms with van der Waals surface area (Å²) in [6, 6.07) is 3.37. The average Bonchev–Trinajstić information content (AvgIpc) is 2.40. The number of pyridine rings is 1. The fourth-order valence-corrected chi connectivity index (χ4v) is 2.97. The Balaban J connectivity index is 2.26. The van der Waals surface area contributed by atoms with Crippen LogP contribution in [0.25, 0.3) is 0 Å². The van der Waals surface area contributed by atoms with Gasteiger partial charge in [-0.25, -0.2) is 0 Å². The zero-order chi connectivity index (χ0) is 14.7. The Morgan fingerprint density at radius 3 is 2.85 bits per heavy atom. The van der Waals surface area contributed by atoms with Gasteiger partial charge >= 0.3 is 0 Å². The minimum absolute atomic E-state index is 0.502. The molecule has 1 fully saturated rings. The van der Waals surface area contributed by atoms with Gasteiger partial charge in [0.15, 0.2) is 0 Å². The van der Waals surface area contributed by atoms with Gasteiger partial charge < -0.3 is 10.2 Å². The van der Waals surface area contributed by atoms with E-state index in [1.165, 1.54) is 30.6 Å². The van der Waals surface area contributed by atoms with E-state index in [-0.39, 0.29) is 0 Å². The maximum atomic E-state index is 4.49. The van der Waals surface area contributed by atoms with Crippen LogP contribution in [0.2, 0.25) is 0 Å². The van der Waals surface area contributed by atoms with Crippen molar-refractivity contribution in [1.82, 2.24) is 10.3 Å². The third-order valence-electron chi connectivity index (χ3n) is 4.48. The van der Waals surface area contributed by atoms with Gasteiger partial charge in [0.25, 0.3) is 0 Å². The average molecular weight is 275 g/mol. The monoisotopic (exact) mass is 275 g/mol. The number of hydrogen-bond donors (Lipinski definition) is 1. The molecular weight excluding hydrogens is 246 g/mol. The van der Waals surface area contributed by atoms with Crippen LogP contribution in [0.5, 0.6) is 0 Å². The Labute approximate surface area is 123 Å². The Kier molecular flexibility index (Phi) is 5.03. The standard InChI is InChI=1S/C17H29N3/c1-12(2)18-10-16-11-19-14(4)9-17(16)20-8-6-7-13(3)15(20)5/h9,11-13,15,18H,6-8,10H2,1-5H3. The highest BCUT2D eigenvalue weighted by Gasteiger charge is 2.26. The van der Waals surface area contributed by atoms with E-state index in [9.17, 15) is 0 Å². The number of aryl methyl sites for hydroxylation is 1. The van der Waals surface area contributed by atoms with Gasteiger partial charge in [-0.1, -0.05) is 20.8 Å². The summed E-state index contributed by atoms with van der Waals surface area (Å²) in [5.74, 6) is 0.767. The first-order chi connectivity index (χ1) is 9.49. The number of nitrogens with zero attached hydrogens (tertiary/aromatic N) is 2. The molecule has 0 aromatic carbocycles. The first-order valence-corrected chi connectivity index (χ1v) is 7.94. The fraction of sp³-hybridized carbons (Fsp3) is 0.706. The van der Waals surface area contributed by atoms with E-state index in [0.717, 1.165) is 18.2 Å². The molecule has 1 aliphatic rings. The van der Waals surface area contributed by atoms with Crippen LogP contribution in [-0.4, -0.2) is 23.6 Å². The third kappa shape index (κ3) is 3.51. The van der Waals surface area contributed by atoms with E-state index in [2.05, 4.69) is 55.9 Å². The molecule has 2 heterocycles. The van der Waals surface area contributed by atoms with Crippen molar-refractivity contribution >= 4 is 5.69 Å². The van der Waals surface area contributed by atoms with Gasteiger partial charge in [0.1, 0.15) is 0 Å². The van der Waals surface area contributed by atoms with Crippen molar-refractivity contribution < 1.29 is 0 Å². The van der Waals surface area contributed by atoms with Gasteiger partial charge in [0, 0.05) is 48.3 Å². The van der Waals surface area contributed by atoms with E-state index in [4.69, 9.17) is 0 Å². The minimum atomic E-state index is 0.502. The lowest BCUT2D eigenvalue weighted by Crippen LogP contribution is -2.43. The molecular formula is C17H29N3. The smallest absolute Gasteiger partial charge is 0.0448 e. The number of aromatic nitrogens is 1. The summed E-state index contributed by atoms with van der Waals surface area (Å²) in [4.78, 5) is 7.07. The van der Waals surface area contributed by atoms with Crippen LogP contribution < -0.4 is 10.2 Å². The molecule has 2 rings (SSSR count). The van der Waals surface area contributed by atoms with Crippen LogP contribution in [-0.2, 0) is 6.54 Å². The Morgan fingerprint density at radius 2 is 2.15 bits per heavy atom. The van der Waals surface area contributed by atoms with E-state index in [1.54, 1.807) is 0 Å². The summed E-state index contributed by atoms with van der Waals surface area (Å²) in [5.41, 5.74) is 3.81. The molecule has 1 saturated heterocycles. The number of hydrogen-bond acceptors (Lipinski definition) is 3. The molecule has 20 heavy (non-hydrogen) atoms. The summed E-state index contributed by atoms with van der Waals surface area (Å²) >= 11 is 0. The highest BCUT2D eigenvalue weighted by molar-refractivity contribution is 5.54. The molecule has 0 bridgehead atoms. The second-order valence-corrected chi connectivity index (χ2v) is 6.54. The summed E-state index contributed by atoms with van der Waals surface area (Å²) in [5, 5.41) is 3.52. The molecule has 0 amide bonds. The van der Waals surface area contributed by atoms with E-state index in [1.807, 2.05) is 6.20 Å². The lowest BCUT2D eigenvalue weighted by molar-refractivity contribution is 0.362. The van der Waals surface area contributed by atoms with Gasteiger partial charge in [-0.3, -0.25) is 4.98 Å². The SMILES string of the molecule is Cc1cc(N2CCCC(C)C2C)c(CNC(C)C)cn1. The number of nitrogens with one attached hydrogen (secondary N) is 1. The highest BCUT2D eigenvalue weighted by Crippen LogP contribution is 2.31. The van der Waals surface area contributed by atoms with Gasteiger partial charge in [-0.05, 0) is 38.7 Å². The molecule has 1 N–H and O–H groups in total. The second kappa shape index (κ2) is 6.57. The van der Waals surface area contributed by atoms with Crippen LogP contribution in [0.1, 0.15) is 51.8 Å². The summed E-state index contributed by atoms with van der Waals surface area (Å²) in [7, 11) is 0. The van der Waals surface area contributed by atoms with Crippen molar-refractivity contribution in [2.75, 3.05) is 11.4 Å². The van der Waals surface area contributed by atoms with E-state index >= 15 is 0 Å². The molecule has 0 aliphatic carbocycles. The molecule has 1 aliphatic heterocycles. The lowest BCUT2D eigenvalue weighted by atomic mass is 9.91. The molecule has 0 saturated carbocycles. The van der Waals surface area contributed by atoms with Gasteiger partial charge in [-0.15, -0.1) is 0 Å². The first-order valence-electron chi connectivity index (χ1n) is 7.94. The molecule has 2 unspecified atom stereocenters. The van der Waals surface area contributed by atoms with Crippen LogP contribution in [0.4, 0.5) is 5.69 Å². The predicted molar refractivity (Wildman–Crippen MR) is 86.2 cm³/mol. The third-order valence-corrected chi connectivity index (χ3v) is 4.48. The van der Waals surface area contributed by atoms with Crippen molar-refractivity contribution in [1.29, 1.82) is 0 Å². The number of anilines is 1. The van der Waals surface area contributed by atoms with Crippen molar-refractivity contribution in [2.24, 2.45) is 5.92 Å². The van der Waals surface area contributed by atoms with E-state index in [0.29, 0.717) is 12.1 Å². The van der Waals surface area contributed by atoms with Crippen molar-refractivity contribution in [3.63, 3.8) is 0 Å². The quantitative estimate of drug-likeness (QED) is 0.911. The largest absolute Gasteiger partial charge is 0.368 e. The van der Waals surface area contributed by atoms with E-state index < -0.39 is 0 Å². The fourth-order valence-electron chi connectivity index (χ4n) is 2.97. The summed E-state index contributed by atoms with van der Waals surface area (Å²) in [6.07, 6.45) is 4.69. The first kappa shape index (κ1) is 15.3.